The zero-order valence-electron chi connectivity index (χ0n) is 8.32. The van der Waals surface area contributed by atoms with Gasteiger partial charge in [-0.15, -0.1) is 0 Å². The molecule has 0 aliphatic carbocycles. The highest BCUT2D eigenvalue weighted by molar-refractivity contribution is 6.34. The van der Waals surface area contributed by atoms with Crippen LogP contribution in [0.3, 0.4) is 0 Å². The fraction of sp³-hybridized carbons (Fsp3) is 0.200. The third-order valence-corrected chi connectivity index (χ3v) is 2.51. The Labute approximate surface area is 91.4 Å². The second-order valence-electron chi connectivity index (χ2n) is 3.14. The number of aryl methyl sites for hydroxylation is 1. The minimum Gasteiger partial charge on any atom is -0.465 e. The lowest BCUT2D eigenvalue weighted by molar-refractivity contribution is 0.0601. The van der Waals surface area contributed by atoms with Gasteiger partial charge in [0.15, 0.2) is 5.15 Å². The van der Waals surface area contributed by atoms with Gasteiger partial charge in [-0.2, -0.15) is 5.10 Å². The third kappa shape index (κ3) is 1.57. The third-order valence-electron chi connectivity index (χ3n) is 2.23. The summed E-state index contributed by atoms with van der Waals surface area (Å²) >= 11 is 5.90. The summed E-state index contributed by atoms with van der Waals surface area (Å²) in [6, 6.07) is 5.14. The Morgan fingerprint density at radius 2 is 2.27 bits per heavy atom. The standard InChI is InChI=1S/C10H9ClN2O2/c1-13-8-5-6(10(14)15-2)3-4-7(8)9(11)12-13/h3-5H,1-2H3. The summed E-state index contributed by atoms with van der Waals surface area (Å²) < 4.78 is 6.26. The van der Waals surface area contributed by atoms with E-state index in [9.17, 15) is 4.79 Å². The molecule has 0 spiro atoms. The molecule has 0 atom stereocenters. The van der Waals surface area contributed by atoms with Crippen LogP contribution < -0.4 is 0 Å². The van der Waals surface area contributed by atoms with Crippen molar-refractivity contribution in [1.29, 1.82) is 0 Å². The van der Waals surface area contributed by atoms with E-state index in [2.05, 4.69) is 9.84 Å². The van der Waals surface area contributed by atoms with Gasteiger partial charge < -0.3 is 4.74 Å². The molecule has 5 heteroatoms. The van der Waals surface area contributed by atoms with Crippen LogP contribution in [0.5, 0.6) is 0 Å². The van der Waals surface area contributed by atoms with Crippen molar-refractivity contribution >= 4 is 28.5 Å². The Morgan fingerprint density at radius 3 is 2.93 bits per heavy atom. The quantitative estimate of drug-likeness (QED) is 0.696. The average Bonchev–Trinajstić information content (AvgIpc) is 2.53. The highest BCUT2D eigenvalue weighted by Crippen LogP contribution is 2.23. The number of benzene rings is 1. The Kier molecular flexibility index (Phi) is 2.36. The molecule has 0 amide bonds. The molecule has 0 aliphatic rings. The largest absolute Gasteiger partial charge is 0.465 e. The molecule has 78 valence electrons. The van der Waals surface area contributed by atoms with Gasteiger partial charge in [0.05, 0.1) is 18.2 Å². The minimum absolute atomic E-state index is 0.366. The molecule has 2 aromatic rings. The molecule has 0 N–H and O–H groups in total. The molecular weight excluding hydrogens is 216 g/mol. The molecule has 1 aromatic heterocycles. The van der Waals surface area contributed by atoms with E-state index >= 15 is 0 Å². The number of rotatable bonds is 1. The number of carbonyl (C=O) groups excluding carboxylic acids is 1. The van der Waals surface area contributed by atoms with Gasteiger partial charge in [0.25, 0.3) is 0 Å². The lowest BCUT2D eigenvalue weighted by atomic mass is 10.2. The number of aromatic nitrogens is 2. The highest BCUT2D eigenvalue weighted by atomic mass is 35.5. The number of methoxy groups -OCH3 is 1. The fourth-order valence-electron chi connectivity index (χ4n) is 1.46. The van der Waals surface area contributed by atoms with Crippen LogP contribution in [0.15, 0.2) is 18.2 Å². The number of esters is 1. The number of fused-ring (bicyclic) bond motifs is 1. The van der Waals surface area contributed by atoms with Gasteiger partial charge in [-0.3, -0.25) is 4.68 Å². The van der Waals surface area contributed by atoms with Gasteiger partial charge >= 0.3 is 5.97 Å². The summed E-state index contributed by atoms with van der Waals surface area (Å²) in [7, 11) is 3.12. The predicted octanol–water partition coefficient (Wildman–Crippen LogP) is 2.01. The van der Waals surface area contributed by atoms with E-state index in [0.717, 1.165) is 10.9 Å². The maximum Gasteiger partial charge on any atom is 0.337 e. The summed E-state index contributed by atoms with van der Waals surface area (Å²) in [6.07, 6.45) is 0. The maximum absolute atomic E-state index is 11.3. The highest BCUT2D eigenvalue weighted by Gasteiger charge is 2.10. The van der Waals surface area contributed by atoms with Crippen molar-refractivity contribution in [2.45, 2.75) is 0 Å². The van der Waals surface area contributed by atoms with Crippen molar-refractivity contribution in [3.63, 3.8) is 0 Å². The predicted molar refractivity (Wildman–Crippen MR) is 57.1 cm³/mol. The Balaban J connectivity index is 2.65. The van der Waals surface area contributed by atoms with Crippen molar-refractivity contribution in [3.05, 3.63) is 28.9 Å². The van der Waals surface area contributed by atoms with Crippen LogP contribution in [-0.2, 0) is 11.8 Å². The first-order chi connectivity index (χ1) is 7.13. The molecule has 0 fully saturated rings. The number of carbonyl (C=O) groups is 1. The summed E-state index contributed by atoms with van der Waals surface area (Å²) in [6.45, 7) is 0. The number of hydrogen-bond donors (Lipinski definition) is 0. The van der Waals surface area contributed by atoms with Crippen LogP contribution in [0.1, 0.15) is 10.4 Å². The summed E-state index contributed by atoms with van der Waals surface area (Å²) in [4.78, 5) is 11.3. The van der Waals surface area contributed by atoms with Crippen LogP contribution in [0.2, 0.25) is 5.15 Å². The number of halogens is 1. The molecular formula is C10H9ClN2O2. The Bertz CT molecular complexity index is 533. The second-order valence-corrected chi connectivity index (χ2v) is 3.50. The zero-order valence-corrected chi connectivity index (χ0v) is 9.08. The van der Waals surface area contributed by atoms with E-state index in [0.29, 0.717) is 10.7 Å². The number of hydrogen-bond acceptors (Lipinski definition) is 3. The molecule has 1 aromatic carbocycles. The van der Waals surface area contributed by atoms with E-state index in [1.807, 2.05) is 0 Å². The molecule has 0 aliphatic heterocycles. The Morgan fingerprint density at radius 1 is 1.53 bits per heavy atom. The van der Waals surface area contributed by atoms with Gasteiger partial charge in [0, 0.05) is 12.4 Å². The van der Waals surface area contributed by atoms with Gasteiger partial charge in [-0.1, -0.05) is 11.6 Å². The van der Waals surface area contributed by atoms with Crippen LogP contribution >= 0.6 is 11.6 Å². The van der Waals surface area contributed by atoms with E-state index < -0.39 is 0 Å². The second kappa shape index (κ2) is 3.55. The summed E-state index contributed by atoms with van der Waals surface area (Å²) in [5, 5.41) is 5.31. The lowest BCUT2D eigenvalue weighted by Crippen LogP contribution is -2.01. The van der Waals surface area contributed by atoms with Crippen molar-refractivity contribution in [1.82, 2.24) is 9.78 Å². The van der Waals surface area contributed by atoms with E-state index in [1.165, 1.54) is 7.11 Å². The van der Waals surface area contributed by atoms with Crippen molar-refractivity contribution in [2.75, 3.05) is 7.11 Å². The molecule has 0 saturated heterocycles. The normalized spacial score (nSPS) is 10.6. The van der Waals surface area contributed by atoms with Gasteiger partial charge in [0.1, 0.15) is 0 Å². The zero-order chi connectivity index (χ0) is 11.0. The van der Waals surface area contributed by atoms with Gasteiger partial charge in [-0.25, -0.2) is 4.79 Å². The molecule has 0 bridgehead atoms. The van der Waals surface area contributed by atoms with Crippen LogP contribution in [-0.4, -0.2) is 22.9 Å². The first kappa shape index (κ1) is 9.98. The van der Waals surface area contributed by atoms with Crippen LogP contribution in [0.4, 0.5) is 0 Å². The average molecular weight is 225 g/mol. The van der Waals surface area contributed by atoms with Crippen LogP contribution in [0, 0.1) is 0 Å². The monoisotopic (exact) mass is 224 g/mol. The molecule has 0 saturated carbocycles. The van der Waals surface area contributed by atoms with Crippen molar-refractivity contribution in [3.8, 4) is 0 Å². The maximum atomic E-state index is 11.3. The van der Waals surface area contributed by atoms with Gasteiger partial charge in [-0.05, 0) is 18.2 Å². The Hall–Kier alpha value is -1.55. The van der Waals surface area contributed by atoms with Gasteiger partial charge in [0.2, 0.25) is 0 Å². The fourth-order valence-corrected chi connectivity index (χ4v) is 1.73. The van der Waals surface area contributed by atoms with Crippen LogP contribution in [0.25, 0.3) is 10.9 Å². The topological polar surface area (TPSA) is 44.1 Å². The first-order valence-electron chi connectivity index (χ1n) is 4.34. The lowest BCUT2D eigenvalue weighted by Gasteiger charge is -1.99. The van der Waals surface area contributed by atoms with Crippen molar-refractivity contribution in [2.24, 2.45) is 7.05 Å². The van der Waals surface area contributed by atoms with E-state index in [-0.39, 0.29) is 5.97 Å². The molecule has 2 rings (SSSR count). The summed E-state index contributed by atoms with van der Waals surface area (Å²) in [5.41, 5.74) is 1.30. The van der Waals surface area contributed by atoms with Crippen molar-refractivity contribution < 1.29 is 9.53 Å². The molecule has 4 nitrogen and oxygen atoms in total. The molecule has 0 unspecified atom stereocenters. The molecule has 15 heavy (non-hydrogen) atoms. The van der Waals surface area contributed by atoms with E-state index in [4.69, 9.17) is 11.6 Å². The number of ether oxygens (including phenoxy) is 1. The van der Waals surface area contributed by atoms with E-state index in [1.54, 1.807) is 29.9 Å². The molecule has 1 heterocycles. The smallest absolute Gasteiger partial charge is 0.337 e. The molecule has 0 radical (unpaired) electrons. The minimum atomic E-state index is -0.366. The summed E-state index contributed by atoms with van der Waals surface area (Å²) in [5.74, 6) is -0.366. The SMILES string of the molecule is COC(=O)c1ccc2c(Cl)nn(C)c2c1. The number of nitrogens with zero attached hydrogens (tertiary/aromatic N) is 2. The first-order valence-corrected chi connectivity index (χ1v) is 4.72.